The summed E-state index contributed by atoms with van der Waals surface area (Å²) >= 11 is 0. The van der Waals surface area contributed by atoms with Gasteiger partial charge in [-0.25, -0.2) is 5.43 Å². The Hall–Kier alpha value is -1.58. The molecule has 0 aliphatic carbocycles. The van der Waals surface area contributed by atoms with Gasteiger partial charge in [0.1, 0.15) is 5.76 Å². The van der Waals surface area contributed by atoms with Crippen molar-refractivity contribution in [3.63, 3.8) is 0 Å². The van der Waals surface area contributed by atoms with Crippen LogP contribution < -0.4 is 11.3 Å². The Kier molecular flexibility index (Phi) is 3.84. The van der Waals surface area contributed by atoms with E-state index in [-0.39, 0.29) is 6.04 Å². The van der Waals surface area contributed by atoms with Crippen molar-refractivity contribution >= 4 is 0 Å². The van der Waals surface area contributed by atoms with Crippen LogP contribution in [-0.4, -0.2) is 0 Å². The molecule has 0 aliphatic heterocycles. The van der Waals surface area contributed by atoms with E-state index < -0.39 is 0 Å². The van der Waals surface area contributed by atoms with Gasteiger partial charge in [0.15, 0.2) is 0 Å². The zero-order valence-electron chi connectivity index (χ0n) is 11.2. The summed E-state index contributed by atoms with van der Waals surface area (Å²) in [4.78, 5) is 0. The number of aryl methyl sites for hydroxylation is 3. The van der Waals surface area contributed by atoms with Crippen molar-refractivity contribution in [2.24, 2.45) is 5.84 Å². The van der Waals surface area contributed by atoms with Crippen molar-refractivity contribution < 1.29 is 4.42 Å². The van der Waals surface area contributed by atoms with Crippen LogP contribution in [0.5, 0.6) is 0 Å². The molecule has 0 spiro atoms. The van der Waals surface area contributed by atoms with Gasteiger partial charge < -0.3 is 4.42 Å². The lowest BCUT2D eigenvalue weighted by atomic mass is 9.99. The topological polar surface area (TPSA) is 51.2 Å². The molecule has 0 amide bonds. The summed E-state index contributed by atoms with van der Waals surface area (Å²) in [5.41, 5.74) is 7.79. The fraction of sp³-hybridized carbons (Fsp3) is 0.333. The van der Waals surface area contributed by atoms with Crippen LogP contribution in [0, 0.1) is 20.8 Å². The van der Waals surface area contributed by atoms with Crippen LogP contribution in [0.4, 0.5) is 0 Å². The minimum absolute atomic E-state index is 0.0150. The van der Waals surface area contributed by atoms with Gasteiger partial charge in [-0.3, -0.25) is 5.84 Å². The molecule has 0 saturated carbocycles. The second-order valence-electron chi connectivity index (χ2n) is 4.89. The van der Waals surface area contributed by atoms with Gasteiger partial charge in [-0.1, -0.05) is 29.3 Å². The molecule has 2 aromatic rings. The number of benzene rings is 1. The number of hydrogen-bond donors (Lipinski definition) is 2. The molecule has 0 saturated heterocycles. The molecule has 3 nitrogen and oxygen atoms in total. The van der Waals surface area contributed by atoms with Crippen LogP contribution in [0.25, 0.3) is 0 Å². The zero-order valence-corrected chi connectivity index (χ0v) is 11.2. The van der Waals surface area contributed by atoms with Crippen LogP contribution >= 0.6 is 0 Å². The Labute approximate surface area is 108 Å². The third kappa shape index (κ3) is 2.81. The lowest BCUT2D eigenvalue weighted by molar-refractivity contribution is 0.413. The Balaban J connectivity index is 2.23. The first kappa shape index (κ1) is 12.9. The number of nitrogens with one attached hydrogen (secondary N) is 1. The van der Waals surface area contributed by atoms with E-state index in [1.165, 1.54) is 16.7 Å². The highest BCUT2D eigenvalue weighted by Crippen LogP contribution is 2.23. The van der Waals surface area contributed by atoms with E-state index in [0.29, 0.717) is 0 Å². The van der Waals surface area contributed by atoms with E-state index in [1.807, 2.05) is 13.0 Å². The minimum atomic E-state index is 0.0150. The number of rotatable bonds is 4. The van der Waals surface area contributed by atoms with Gasteiger partial charge in [0, 0.05) is 0 Å². The maximum Gasteiger partial charge on any atom is 0.125 e. The first-order valence-electron chi connectivity index (χ1n) is 6.17. The summed E-state index contributed by atoms with van der Waals surface area (Å²) in [7, 11) is 0. The Morgan fingerprint density at radius 3 is 2.33 bits per heavy atom. The molecule has 1 unspecified atom stereocenters. The number of hydrogen-bond acceptors (Lipinski definition) is 3. The quantitative estimate of drug-likeness (QED) is 0.642. The van der Waals surface area contributed by atoms with Crippen LogP contribution in [0.2, 0.25) is 0 Å². The maximum atomic E-state index is 5.65. The van der Waals surface area contributed by atoms with E-state index in [0.717, 1.165) is 17.7 Å². The molecule has 0 aliphatic rings. The molecular weight excluding hydrogens is 224 g/mol. The molecule has 0 radical (unpaired) electrons. The standard InChI is InChI=1S/C15H20N2O/c1-10-6-11(2)8-13(7-10)9-14(17-16)15-12(3)4-5-18-15/h4-8,14,17H,9,16H2,1-3H3. The number of nitrogens with two attached hydrogens (primary N) is 1. The monoisotopic (exact) mass is 244 g/mol. The van der Waals surface area contributed by atoms with Crippen molar-refractivity contribution in [3.8, 4) is 0 Å². The Morgan fingerprint density at radius 1 is 1.17 bits per heavy atom. The Morgan fingerprint density at radius 2 is 1.83 bits per heavy atom. The molecule has 0 fully saturated rings. The largest absolute Gasteiger partial charge is 0.467 e. The van der Waals surface area contributed by atoms with E-state index >= 15 is 0 Å². The average Bonchev–Trinajstić information content (AvgIpc) is 2.71. The highest BCUT2D eigenvalue weighted by molar-refractivity contribution is 5.30. The fourth-order valence-corrected chi connectivity index (χ4v) is 2.39. The van der Waals surface area contributed by atoms with Crippen LogP contribution in [0.3, 0.4) is 0 Å². The van der Waals surface area contributed by atoms with E-state index in [4.69, 9.17) is 10.3 Å². The van der Waals surface area contributed by atoms with E-state index in [2.05, 4.69) is 37.5 Å². The van der Waals surface area contributed by atoms with Gasteiger partial charge in [-0.15, -0.1) is 0 Å². The number of hydrazine groups is 1. The van der Waals surface area contributed by atoms with Crippen molar-refractivity contribution in [3.05, 3.63) is 58.5 Å². The van der Waals surface area contributed by atoms with Crippen LogP contribution in [0.15, 0.2) is 34.9 Å². The molecule has 3 heteroatoms. The lowest BCUT2D eigenvalue weighted by Gasteiger charge is -2.15. The highest BCUT2D eigenvalue weighted by Gasteiger charge is 2.16. The van der Waals surface area contributed by atoms with Gasteiger partial charge in [0.2, 0.25) is 0 Å². The van der Waals surface area contributed by atoms with Crippen LogP contribution in [-0.2, 0) is 6.42 Å². The van der Waals surface area contributed by atoms with Gasteiger partial charge in [0.05, 0.1) is 12.3 Å². The van der Waals surface area contributed by atoms with Gasteiger partial charge in [0.25, 0.3) is 0 Å². The molecule has 0 bridgehead atoms. The van der Waals surface area contributed by atoms with E-state index in [1.54, 1.807) is 6.26 Å². The molecule has 1 heterocycles. The van der Waals surface area contributed by atoms with Gasteiger partial charge >= 0.3 is 0 Å². The van der Waals surface area contributed by atoms with Crippen molar-refractivity contribution in [1.82, 2.24) is 5.43 Å². The minimum Gasteiger partial charge on any atom is -0.467 e. The first-order chi connectivity index (χ1) is 8.60. The third-order valence-corrected chi connectivity index (χ3v) is 3.14. The Bertz CT molecular complexity index is 511. The maximum absolute atomic E-state index is 5.65. The molecule has 96 valence electrons. The van der Waals surface area contributed by atoms with Gasteiger partial charge in [-0.05, 0) is 44.4 Å². The predicted molar refractivity (Wildman–Crippen MR) is 73.1 cm³/mol. The lowest BCUT2D eigenvalue weighted by Crippen LogP contribution is -2.29. The van der Waals surface area contributed by atoms with Crippen molar-refractivity contribution in [2.75, 3.05) is 0 Å². The molecule has 1 aromatic carbocycles. The van der Waals surface area contributed by atoms with E-state index in [9.17, 15) is 0 Å². The molecule has 1 atom stereocenters. The van der Waals surface area contributed by atoms with Gasteiger partial charge in [-0.2, -0.15) is 0 Å². The fourth-order valence-electron chi connectivity index (χ4n) is 2.39. The molecule has 18 heavy (non-hydrogen) atoms. The normalized spacial score (nSPS) is 12.7. The summed E-state index contributed by atoms with van der Waals surface area (Å²) < 4.78 is 5.51. The smallest absolute Gasteiger partial charge is 0.125 e. The second-order valence-corrected chi connectivity index (χ2v) is 4.89. The van der Waals surface area contributed by atoms with Crippen molar-refractivity contribution in [2.45, 2.75) is 33.2 Å². The zero-order chi connectivity index (χ0) is 13.1. The summed E-state index contributed by atoms with van der Waals surface area (Å²) in [5.74, 6) is 6.56. The summed E-state index contributed by atoms with van der Waals surface area (Å²) in [6.07, 6.45) is 2.53. The SMILES string of the molecule is Cc1cc(C)cc(CC(NN)c2occc2C)c1. The predicted octanol–water partition coefficient (Wildman–Crippen LogP) is 2.95. The summed E-state index contributed by atoms with van der Waals surface area (Å²) in [6, 6.07) is 8.53. The molecule has 2 rings (SSSR count). The van der Waals surface area contributed by atoms with Crippen LogP contribution in [0.1, 0.15) is 34.1 Å². The first-order valence-corrected chi connectivity index (χ1v) is 6.17. The summed E-state index contributed by atoms with van der Waals surface area (Å²) in [6.45, 7) is 6.25. The summed E-state index contributed by atoms with van der Waals surface area (Å²) in [5, 5.41) is 0. The third-order valence-electron chi connectivity index (χ3n) is 3.14. The second kappa shape index (κ2) is 5.38. The average molecular weight is 244 g/mol. The molecule has 3 N–H and O–H groups in total. The highest BCUT2D eigenvalue weighted by atomic mass is 16.3. The molecule has 1 aromatic heterocycles. The van der Waals surface area contributed by atoms with Crippen molar-refractivity contribution in [1.29, 1.82) is 0 Å². The molecular formula is C15H20N2O. The number of furan rings is 1.